The molecule has 2 atom stereocenters. The zero-order valence-electron chi connectivity index (χ0n) is 15.4. The van der Waals surface area contributed by atoms with Gasteiger partial charge in [0.05, 0.1) is 17.6 Å². The Morgan fingerprint density at radius 3 is 2.88 bits per heavy atom. The first-order valence-corrected chi connectivity index (χ1v) is 12.1. The molecule has 0 saturated carbocycles. The van der Waals surface area contributed by atoms with Crippen molar-refractivity contribution in [2.24, 2.45) is 10.9 Å². The van der Waals surface area contributed by atoms with Crippen LogP contribution >= 0.6 is 11.8 Å². The van der Waals surface area contributed by atoms with Crippen LogP contribution in [-0.2, 0) is 14.6 Å². The van der Waals surface area contributed by atoms with Gasteiger partial charge in [0, 0.05) is 43.3 Å². The lowest BCUT2D eigenvalue weighted by molar-refractivity contribution is 0.113. The van der Waals surface area contributed by atoms with Crippen molar-refractivity contribution in [3.05, 3.63) is 0 Å². The van der Waals surface area contributed by atoms with E-state index in [4.69, 9.17) is 9.73 Å². The molecule has 2 unspecified atom stereocenters. The highest BCUT2D eigenvalue weighted by Gasteiger charge is 2.31. The third kappa shape index (κ3) is 5.76. The molecule has 3 aliphatic heterocycles. The van der Waals surface area contributed by atoms with Crippen LogP contribution in [0, 0.1) is 5.92 Å². The molecule has 8 heteroatoms. The second-order valence-electron chi connectivity index (χ2n) is 7.98. The van der Waals surface area contributed by atoms with Gasteiger partial charge < -0.3 is 15.0 Å². The minimum atomic E-state index is -2.84. The van der Waals surface area contributed by atoms with Crippen LogP contribution in [-0.4, -0.2) is 80.2 Å². The lowest BCUT2D eigenvalue weighted by Gasteiger charge is -2.39. The second kappa shape index (κ2) is 8.05. The molecule has 6 nitrogen and oxygen atoms in total. The minimum Gasteiger partial charge on any atom is -0.376 e. The number of guanidine groups is 1. The van der Waals surface area contributed by atoms with Crippen molar-refractivity contribution in [3.8, 4) is 0 Å². The Kier molecular flexibility index (Phi) is 6.21. The molecule has 0 aliphatic carbocycles. The molecule has 3 saturated heterocycles. The van der Waals surface area contributed by atoms with E-state index >= 15 is 0 Å². The van der Waals surface area contributed by atoms with Crippen LogP contribution in [0.2, 0.25) is 0 Å². The maximum atomic E-state index is 11.7. The van der Waals surface area contributed by atoms with Crippen LogP contribution in [0.25, 0.3) is 0 Å². The summed E-state index contributed by atoms with van der Waals surface area (Å²) in [5, 5.41) is 3.51. The van der Waals surface area contributed by atoms with Gasteiger partial charge in [-0.05, 0) is 39.0 Å². The Morgan fingerprint density at radius 2 is 2.24 bits per heavy atom. The maximum absolute atomic E-state index is 11.7. The van der Waals surface area contributed by atoms with E-state index in [9.17, 15) is 8.42 Å². The summed E-state index contributed by atoms with van der Waals surface area (Å²) in [6.45, 7) is 8.71. The topological polar surface area (TPSA) is 71.0 Å². The van der Waals surface area contributed by atoms with Crippen molar-refractivity contribution < 1.29 is 13.2 Å². The fourth-order valence-electron chi connectivity index (χ4n) is 3.71. The lowest BCUT2D eigenvalue weighted by atomic mass is 10.1. The molecule has 0 amide bonds. The van der Waals surface area contributed by atoms with Crippen molar-refractivity contribution in [1.82, 2.24) is 10.2 Å². The summed E-state index contributed by atoms with van der Waals surface area (Å²) in [5.74, 6) is 2.78. The minimum absolute atomic E-state index is 0.164. The number of thioether (sulfide) groups is 1. The number of hydrogen-bond donors (Lipinski definition) is 1. The summed E-state index contributed by atoms with van der Waals surface area (Å²) in [6.07, 6.45) is 3.24. The summed E-state index contributed by atoms with van der Waals surface area (Å²) < 4.78 is 29.3. The van der Waals surface area contributed by atoms with Crippen LogP contribution in [0.4, 0.5) is 0 Å². The fourth-order valence-corrected chi connectivity index (χ4v) is 6.67. The van der Waals surface area contributed by atoms with Gasteiger partial charge in [0.25, 0.3) is 0 Å². The third-order valence-corrected chi connectivity index (χ3v) is 8.20. The van der Waals surface area contributed by atoms with E-state index in [-0.39, 0.29) is 22.5 Å². The van der Waals surface area contributed by atoms with Crippen molar-refractivity contribution in [2.45, 2.75) is 44.0 Å². The Hall–Kier alpha value is -0.470. The average Bonchev–Trinajstić information content (AvgIpc) is 3.15. The van der Waals surface area contributed by atoms with Gasteiger partial charge in [-0.3, -0.25) is 4.99 Å². The fraction of sp³-hybridized carbons (Fsp3) is 0.941. The van der Waals surface area contributed by atoms with E-state index in [0.717, 1.165) is 57.2 Å². The van der Waals surface area contributed by atoms with Crippen LogP contribution in [0.1, 0.15) is 33.1 Å². The van der Waals surface area contributed by atoms with Crippen molar-refractivity contribution >= 4 is 27.6 Å². The van der Waals surface area contributed by atoms with Gasteiger partial charge in [-0.1, -0.05) is 0 Å². The van der Waals surface area contributed by atoms with Crippen molar-refractivity contribution in [3.63, 3.8) is 0 Å². The molecule has 0 radical (unpaired) electrons. The Bertz CT molecular complexity index is 586. The molecule has 0 bridgehead atoms. The molecule has 25 heavy (non-hydrogen) atoms. The van der Waals surface area contributed by atoms with E-state index in [2.05, 4.69) is 24.1 Å². The average molecular weight is 390 g/mol. The van der Waals surface area contributed by atoms with Crippen molar-refractivity contribution in [2.75, 3.05) is 50.0 Å². The van der Waals surface area contributed by atoms with Crippen LogP contribution in [0.5, 0.6) is 0 Å². The monoisotopic (exact) mass is 389 g/mol. The summed E-state index contributed by atoms with van der Waals surface area (Å²) >= 11 is 2.00. The van der Waals surface area contributed by atoms with E-state index in [1.54, 1.807) is 0 Å². The molecule has 144 valence electrons. The molecule has 0 aromatic carbocycles. The van der Waals surface area contributed by atoms with Crippen LogP contribution in [0.15, 0.2) is 4.99 Å². The first kappa shape index (κ1) is 19.3. The first-order chi connectivity index (χ1) is 11.8. The molecule has 0 spiro atoms. The molecular formula is C17H31N3O3S2. The van der Waals surface area contributed by atoms with Gasteiger partial charge in [0.2, 0.25) is 0 Å². The quantitative estimate of drug-likeness (QED) is 0.578. The smallest absolute Gasteiger partial charge is 0.194 e. The normalized spacial score (nSPS) is 32.1. The van der Waals surface area contributed by atoms with Gasteiger partial charge in [0.15, 0.2) is 15.8 Å². The number of rotatable bonds is 4. The van der Waals surface area contributed by atoms with E-state index in [0.29, 0.717) is 12.3 Å². The predicted molar refractivity (Wildman–Crippen MR) is 104 cm³/mol. The first-order valence-electron chi connectivity index (χ1n) is 9.32. The highest BCUT2D eigenvalue weighted by atomic mass is 32.2. The van der Waals surface area contributed by atoms with Gasteiger partial charge in [-0.25, -0.2) is 8.42 Å². The Morgan fingerprint density at radius 1 is 1.40 bits per heavy atom. The molecule has 0 aromatic rings. The number of nitrogens with zero attached hydrogens (tertiary/aromatic N) is 2. The number of aliphatic imine (C=N–C) groups is 1. The molecular weight excluding hydrogens is 358 g/mol. The summed E-state index contributed by atoms with van der Waals surface area (Å²) in [4.78, 5) is 7.15. The van der Waals surface area contributed by atoms with E-state index in [1.807, 2.05) is 11.8 Å². The standard InChI is InChI=1S/C17H31N3O3S2/c1-17(2)13-20(6-8-24-17)16(19-11-15-4-3-7-23-15)18-10-14-5-9-25(21,22)12-14/h14-15H,3-13H2,1-2H3,(H,18,19). The number of nitrogens with one attached hydrogen (secondary N) is 1. The molecule has 3 heterocycles. The lowest BCUT2D eigenvalue weighted by Crippen LogP contribution is -2.52. The third-order valence-electron chi connectivity index (χ3n) is 5.06. The Labute approximate surface area is 156 Å². The molecule has 3 rings (SSSR count). The number of ether oxygens (including phenoxy) is 1. The van der Waals surface area contributed by atoms with Gasteiger partial charge in [0.1, 0.15) is 0 Å². The molecule has 3 aliphatic rings. The van der Waals surface area contributed by atoms with Crippen molar-refractivity contribution in [1.29, 1.82) is 0 Å². The highest BCUT2D eigenvalue weighted by Crippen LogP contribution is 2.29. The van der Waals surface area contributed by atoms with E-state index < -0.39 is 9.84 Å². The molecule has 1 N–H and O–H groups in total. The SMILES string of the molecule is CC1(C)CN(C(=NCC2CCS(=O)(=O)C2)NCC2CCCO2)CCS1. The summed E-state index contributed by atoms with van der Waals surface area (Å²) in [6, 6.07) is 0. The zero-order valence-corrected chi connectivity index (χ0v) is 17.0. The largest absolute Gasteiger partial charge is 0.376 e. The number of sulfone groups is 1. The molecule has 0 aromatic heterocycles. The van der Waals surface area contributed by atoms with Crippen LogP contribution < -0.4 is 5.32 Å². The highest BCUT2D eigenvalue weighted by molar-refractivity contribution is 8.00. The van der Waals surface area contributed by atoms with Gasteiger partial charge in [-0.15, -0.1) is 0 Å². The maximum Gasteiger partial charge on any atom is 0.194 e. The Balaban J connectivity index is 1.63. The zero-order chi connectivity index (χ0) is 17.9. The van der Waals surface area contributed by atoms with Crippen LogP contribution in [0.3, 0.4) is 0 Å². The van der Waals surface area contributed by atoms with Gasteiger partial charge in [-0.2, -0.15) is 11.8 Å². The van der Waals surface area contributed by atoms with Gasteiger partial charge >= 0.3 is 0 Å². The predicted octanol–water partition coefficient (Wildman–Crippen LogP) is 1.37. The molecule has 3 fully saturated rings. The van der Waals surface area contributed by atoms with E-state index in [1.165, 1.54) is 0 Å². The summed E-state index contributed by atoms with van der Waals surface area (Å²) in [5.41, 5.74) is 0. The number of hydrogen-bond acceptors (Lipinski definition) is 5. The second-order valence-corrected chi connectivity index (χ2v) is 12.0. The summed E-state index contributed by atoms with van der Waals surface area (Å²) in [7, 11) is -2.84.